The molecule has 9 fully saturated rings. The normalized spacial score (nSPS) is 47.7. The number of rotatable bonds is 7. The number of furan rings is 1. The molecule has 0 amide bonds. The largest absolute Gasteiger partial charge is 0.469 e. The van der Waals surface area contributed by atoms with Crippen molar-refractivity contribution in [1.82, 2.24) is 10.2 Å². The molecule has 13 nitrogen and oxygen atoms in total. The number of epoxide rings is 1. The van der Waals surface area contributed by atoms with Crippen molar-refractivity contribution in [2.45, 2.75) is 152 Å². The number of hydrogen-bond acceptors (Lipinski definition) is 13. The molecule has 12 aliphatic rings. The maximum atomic E-state index is 16.0. The van der Waals surface area contributed by atoms with Crippen molar-refractivity contribution < 1.29 is 53.1 Å². The van der Waals surface area contributed by atoms with Crippen LogP contribution < -0.4 is 5.32 Å². The fraction of sp³-hybridized carbons (Fsp3) is 0.707. The van der Waals surface area contributed by atoms with Crippen LogP contribution in [0.4, 0.5) is 0 Å². The zero-order chi connectivity index (χ0) is 48.6. The summed E-state index contributed by atoms with van der Waals surface area (Å²) in [5.74, 6) is 5.78. The van der Waals surface area contributed by atoms with Crippen LogP contribution in [-0.2, 0) is 58.2 Å². The fourth-order valence-electron chi connectivity index (χ4n) is 19.9. The van der Waals surface area contributed by atoms with E-state index in [0.29, 0.717) is 62.2 Å². The highest BCUT2D eigenvalue weighted by atomic mass is 16.7. The number of carbonyl (C=O) groups excluding carboxylic acids is 3. The minimum Gasteiger partial charge on any atom is -0.469 e. The number of fused-ring (bicyclic) bond motifs is 5. The van der Waals surface area contributed by atoms with Gasteiger partial charge in [0.15, 0.2) is 17.5 Å². The van der Waals surface area contributed by atoms with Crippen LogP contribution in [0, 0.1) is 87.3 Å². The molecule has 20 atom stereocenters. The van der Waals surface area contributed by atoms with Crippen LogP contribution in [0.2, 0.25) is 0 Å². The van der Waals surface area contributed by atoms with E-state index in [2.05, 4.69) is 65.5 Å². The molecule has 5 saturated heterocycles. The Morgan fingerprint density at radius 2 is 1.83 bits per heavy atom. The molecular formula is C58H70N2O11. The highest BCUT2D eigenvalue weighted by Crippen LogP contribution is 2.85. The second-order valence-electron chi connectivity index (χ2n) is 25.2. The average molecular weight is 971 g/mol. The molecular weight excluding hydrogens is 901 g/mol. The van der Waals surface area contributed by atoms with Gasteiger partial charge in [0.05, 0.1) is 55.6 Å². The number of cyclic esters (lactones) is 1. The highest BCUT2D eigenvalue weighted by Gasteiger charge is 2.96. The molecule has 13 heteroatoms. The maximum absolute atomic E-state index is 16.0. The molecule has 4 N–H and O–H groups in total. The topological polar surface area (TPSA) is 181 Å². The lowest BCUT2D eigenvalue weighted by Crippen LogP contribution is -2.81. The van der Waals surface area contributed by atoms with Gasteiger partial charge in [0.2, 0.25) is 0 Å². The third kappa shape index (κ3) is 5.68. The van der Waals surface area contributed by atoms with Crippen LogP contribution >= 0.6 is 0 Å². The Labute approximate surface area is 416 Å². The Morgan fingerprint density at radius 1 is 0.986 bits per heavy atom. The van der Waals surface area contributed by atoms with Gasteiger partial charge < -0.3 is 43.6 Å². The SMILES string of the molecule is CC1(C)O[C@H]2CC(=O)OC[C@@]23[C@@H]1C(=O)[C@@H](O)[C@]12[C@@H]3CC[C@]3(C)[C@@]14O[C@@H]4C(=O)O[C@@]31c3c(coc3C[C@@H]([C@H]3CC[C@@H]4[C@H](C=CN5CNC[C@@H]45)C3)[C@H](O)CO)CC[C@H]1C#C[C@@H]1CC[C@H](Cc3ccccc3)C[C@@H]12. The van der Waals surface area contributed by atoms with Crippen molar-refractivity contribution in [3.8, 4) is 11.8 Å². The second-order valence-corrected chi connectivity index (χ2v) is 25.2. The third-order valence-electron chi connectivity index (χ3n) is 22.3. The van der Waals surface area contributed by atoms with Gasteiger partial charge in [-0.05, 0) is 143 Å². The summed E-state index contributed by atoms with van der Waals surface area (Å²) in [6, 6.07) is 11.0. The first-order valence-corrected chi connectivity index (χ1v) is 27.3. The molecule has 2 aromatic rings. The zero-order valence-corrected chi connectivity index (χ0v) is 41.4. The second kappa shape index (κ2) is 15.5. The van der Waals surface area contributed by atoms with E-state index in [1.807, 2.05) is 26.2 Å². The van der Waals surface area contributed by atoms with Crippen molar-refractivity contribution in [2.75, 3.05) is 26.4 Å². The summed E-state index contributed by atoms with van der Waals surface area (Å²) in [7, 11) is 0. The van der Waals surface area contributed by atoms with Crippen molar-refractivity contribution in [1.29, 1.82) is 0 Å². The van der Waals surface area contributed by atoms with E-state index in [-0.39, 0.29) is 61.0 Å². The molecule has 0 unspecified atom stereocenters. The molecule has 14 rings (SSSR count). The van der Waals surface area contributed by atoms with Crippen molar-refractivity contribution in [3.05, 3.63) is 71.3 Å². The maximum Gasteiger partial charge on any atom is 0.339 e. The lowest BCUT2D eigenvalue weighted by molar-refractivity contribution is -0.301. The van der Waals surface area contributed by atoms with Crippen LogP contribution in [0.5, 0.6) is 0 Å². The predicted molar refractivity (Wildman–Crippen MR) is 255 cm³/mol. The molecule has 0 radical (unpaired) electrons. The van der Waals surface area contributed by atoms with Gasteiger partial charge in [0, 0.05) is 46.7 Å². The molecule has 378 valence electrons. The van der Waals surface area contributed by atoms with Gasteiger partial charge in [0.1, 0.15) is 24.1 Å². The number of hydrogen-bond donors (Lipinski definition) is 4. The first-order valence-electron chi connectivity index (χ1n) is 27.3. The van der Waals surface area contributed by atoms with E-state index in [1.165, 1.54) is 5.56 Å². The fourth-order valence-corrected chi connectivity index (χ4v) is 19.9. The Kier molecular flexibility index (Phi) is 9.96. The van der Waals surface area contributed by atoms with Gasteiger partial charge in [-0.2, -0.15) is 0 Å². The number of ether oxygens (including phenoxy) is 4. The zero-order valence-electron chi connectivity index (χ0n) is 41.4. The van der Waals surface area contributed by atoms with E-state index in [9.17, 15) is 20.1 Å². The van der Waals surface area contributed by atoms with Gasteiger partial charge in [0.25, 0.3) is 0 Å². The van der Waals surface area contributed by atoms with Gasteiger partial charge in [-0.25, -0.2) is 4.79 Å². The Morgan fingerprint density at radius 3 is 2.66 bits per heavy atom. The van der Waals surface area contributed by atoms with E-state index in [0.717, 1.165) is 62.9 Å². The lowest BCUT2D eigenvalue weighted by atomic mass is 9.30. The van der Waals surface area contributed by atoms with Gasteiger partial charge in [-0.1, -0.05) is 55.2 Å². The van der Waals surface area contributed by atoms with E-state index >= 15 is 9.59 Å². The number of aliphatic hydroxyl groups excluding tert-OH is 3. The molecule has 4 saturated carbocycles. The number of carbonyl (C=O) groups is 3. The van der Waals surface area contributed by atoms with E-state index in [1.54, 1.807) is 0 Å². The molecule has 4 spiro atoms. The molecule has 1 aromatic heterocycles. The number of allylic oxidation sites excluding steroid dienone is 1. The first-order chi connectivity index (χ1) is 34.2. The summed E-state index contributed by atoms with van der Waals surface area (Å²) >= 11 is 0. The summed E-state index contributed by atoms with van der Waals surface area (Å²) in [6.45, 7) is 7.47. The van der Waals surface area contributed by atoms with E-state index in [4.69, 9.17) is 23.4 Å². The summed E-state index contributed by atoms with van der Waals surface area (Å²) < 4.78 is 34.5. The summed E-state index contributed by atoms with van der Waals surface area (Å²) in [4.78, 5) is 47.3. The van der Waals surface area contributed by atoms with Crippen molar-refractivity contribution >= 4 is 17.7 Å². The average Bonchev–Trinajstić information content (AvgIpc) is 3.60. The number of benzene rings is 1. The Hall–Kier alpha value is -4.03. The molecule has 71 heavy (non-hydrogen) atoms. The van der Waals surface area contributed by atoms with E-state index < -0.39 is 81.2 Å². The lowest BCUT2D eigenvalue weighted by Gasteiger charge is -2.72. The molecule has 7 heterocycles. The molecule has 6 aliphatic carbocycles. The van der Waals surface area contributed by atoms with Crippen LogP contribution in [0.3, 0.4) is 0 Å². The monoisotopic (exact) mass is 970 g/mol. The number of nitrogens with zero attached hydrogens (tertiary/aromatic N) is 1. The standard InChI is InChI=1S/C58H70N2O11/c1-53(2)49-48(64)50(65)56-40-22-32(21-31-7-5-4-6-8-31)9-10-33(40)11-14-37-15-12-36-28-67-43(24-39(42(62)27-61)34-13-16-38-35(23-34)18-20-60-30-59-26-41(38)60)47(36)57(37)54(3,58(56)51(70-58)52(66)71-57)19-17-44(56)55(49)29-68-46(63)25-45(55)69-53/h4-8,18,20,28,32-35,37-42,44-45,49-51,59,61-62,65H,9-10,12-13,15-17,19,21-27,29-30H2,1-3H3/t32-,33+,34+,35-,37-,38-,39+,40+,41+,42-,44-,45+,49-,50-,51-,54+,55+,56+,57+,58-/m1/s1. The van der Waals surface area contributed by atoms with Gasteiger partial charge >= 0.3 is 11.9 Å². The number of Topliss-reactive ketones (excluding diaryl/α,β-unsaturated/α-hetero) is 1. The number of aliphatic hydroxyl groups is 3. The smallest absolute Gasteiger partial charge is 0.339 e. The number of aryl methyl sites for hydroxylation is 1. The van der Waals surface area contributed by atoms with Crippen LogP contribution in [0.15, 0.2) is 53.3 Å². The van der Waals surface area contributed by atoms with Gasteiger partial charge in [-0.3, -0.25) is 14.9 Å². The van der Waals surface area contributed by atoms with Crippen molar-refractivity contribution in [2.24, 2.45) is 75.4 Å². The van der Waals surface area contributed by atoms with Gasteiger partial charge in [-0.15, -0.1) is 0 Å². The first kappa shape index (κ1) is 45.6. The summed E-state index contributed by atoms with van der Waals surface area (Å²) in [5, 5.41) is 40.1. The predicted octanol–water partition coefficient (Wildman–Crippen LogP) is 5.40. The minimum atomic E-state index is -1.54. The third-order valence-corrected chi connectivity index (χ3v) is 22.3. The number of nitrogens with one attached hydrogen (secondary N) is 1. The van der Waals surface area contributed by atoms with Crippen LogP contribution in [0.25, 0.3) is 0 Å². The molecule has 1 aromatic carbocycles. The number of esters is 2. The van der Waals surface area contributed by atoms with Crippen LogP contribution in [0.1, 0.15) is 107 Å². The Balaban J connectivity index is 0.941. The van der Waals surface area contributed by atoms with Crippen molar-refractivity contribution in [3.63, 3.8) is 0 Å². The quantitative estimate of drug-likeness (QED) is 0.158. The highest BCUT2D eigenvalue weighted by molar-refractivity contribution is 5.92. The summed E-state index contributed by atoms with van der Waals surface area (Å²) in [5.41, 5.74) is -4.22. The molecule has 4 bridgehead atoms. The molecule has 6 aliphatic heterocycles. The summed E-state index contributed by atoms with van der Waals surface area (Å²) in [6.07, 6.45) is 10.8. The van der Waals surface area contributed by atoms with Crippen LogP contribution in [-0.4, -0.2) is 106 Å². The Bertz CT molecular complexity index is 2660. The number of ketones is 1. The minimum absolute atomic E-state index is 0.000536.